The first-order valence-electron chi connectivity index (χ1n) is 6.77. The van der Waals surface area contributed by atoms with Crippen molar-refractivity contribution in [1.29, 1.82) is 0 Å². The van der Waals surface area contributed by atoms with Gasteiger partial charge in [0, 0.05) is 10.5 Å². The maximum absolute atomic E-state index is 11.9. The highest BCUT2D eigenvalue weighted by molar-refractivity contribution is 9.10. The van der Waals surface area contributed by atoms with E-state index in [4.69, 9.17) is 0 Å². The first-order valence-corrected chi connectivity index (χ1v) is 8.38. The maximum Gasteiger partial charge on any atom is 0.244 e. The third-order valence-electron chi connectivity index (χ3n) is 3.07. The first-order chi connectivity index (χ1) is 10.7. The molecule has 0 fully saturated rings. The molecule has 0 aliphatic rings. The van der Waals surface area contributed by atoms with E-state index in [0.29, 0.717) is 6.54 Å². The Morgan fingerprint density at radius 1 is 1.18 bits per heavy atom. The zero-order chi connectivity index (χ0) is 15.4. The zero-order valence-electron chi connectivity index (χ0n) is 11.6. The molecule has 110 valence electrons. The Morgan fingerprint density at radius 3 is 2.77 bits per heavy atom. The average Bonchev–Trinajstić information content (AvgIpc) is 2.95. The molecule has 1 aromatic heterocycles. The van der Waals surface area contributed by atoms with Crippen LogP contribution in [0.15, 0.2) is 59.1 Å². The van der Waals surface area contributed by atoms with E-state index in [0.717, 1.165) is 25.3 Å². The van der Waals surface area contributed by atoms with E-state index < -0.39 is 0 Å². The average molecular weight is 373 g/mol. The molecule has 3 rings (SSSR count). The molecule has 0 spiro atoms. The fourth-order valence-corrected chi connectivity index (χ4v) is 3.32. The van der Waals surface area contributed by atoms with Crippen molar-refractivity contribution in [3.63, 3.8) is 0 Å². The maximum atomic E-state index is 11.9. The van der Waals surface area contributed by atoms with Gasteiger partial charge in [-0.25, -0.2) is 4.98 Å². The molecule has 0 bridgehead atoms. The van der Waals surface area contributed by atoms with E-state index in [-0.39, 0.29) is 5.91 Å². The summed E-state index contributed by atoms with van der Waals surface area (Å²) in [6.07, 6.45) is 3.32. The SMILES string of the molecule is O=C(/C=C/c1ccccc1Br)NCc1nc2ccccc2s1. The number of carbonyl (C=O) groups is 1. The fourth-order valence-electron chi connectivity index (χ4n) is 1.99. The molecule has 0 aliphatic carbocycles. The van der Waals surface area contributed by atoms with Crippen molar-refractivity contribution in [1.82, 2.24) is 10.3 Å². The van der Waals surface area contributed by atoms with E-state index in [2.05, 4.69) is 26.2 Å². The third-order valence-corrected chi connectivity index (χ3v) is 4.83. The van der Waals surface area contributed by atoms with E-state index in [1.54, 1.807) is 17.4 Å². The lowest BCUT2D eigenvalue weighted by Gasteiger charge is -1.99. The van der Waals surface area contributed by atoms with Crippen molar-refractivity contribution in [2.45, 2.75) is 6.54 Å². The molecular weight excluding hydrogens is 360 g/mol. The summed E-state index contributed by atoms with van der Waals surface area (Å²) in [4.78, 5) is 16.4. The van der Waals surface area contributed by atoms with Gasteiger partial charge in [-0.3, -0.25) is 4.79 Å². The monoisotopic (exact) mass is 372 g/mol. The quantitative estimate of drug-likeness (QED) is 0.690. The molecule has 1 N–H and O–H groups in total. The van der Waals surface area contributed by atoms with Gasteiger partial charge in [0.05, 0.1) is 16.8 Å². The summed E-state index contributed by atoms with van der Waals surface area (Å²) in [6, 6.07) is 15.7. The highest BCUT2D eigenvalue weighted by atomic mass is 79.9. The summed E-state index contributed by atoms with van der Waals surface area (Å²) < 4.78 is 2.10. The van der Waals surface area contributed by atoms with Gasteiger partial charge in [0.2, 0.25) is 5.91 Å². The summed E-state index contributed by atoms with van der Waals surface area (Å²) in [6.45, 7) is 0.443. The van der Waals surface area contributed by atoms with E-state index in [1.807, 2.05) is 48.5 Å². The molecule has 3 aromatic rings. The number of hydrogen-bond acceptors (Lipinski definition) is 3. The van der Waals surface area contributed by atoms with Gasteiger partial charge < -0.3 is 5.32 Å². The predicted octanol–water partition coefficient (Wildman–Crippen LogP) is 4.39. The number of rotatable bonds is 4. The summed E-state index contributed by atoms with van der Waals surface area (Å²) >= 11 is 5.05. The van der Waals surface area contributed by atoms with Crippen molar-refractivity contribution in [2.24, 2.45) is 0 Å². The Morgan fingerprint density at radius 2 is 1.95 bits per heavy atom. The van der Waals surface area contributed by atoms with Gasteiger partial charge in [-0.15, -0.1) is 11.3 Å². The second-order valence-electron chi connectivity index (χ2n) is 4.65. The smallest absolute Gasteiger partial charge is 0.244 e. The van der Waals surface area contributed by atoms with E-state index in [1.165, 1.54) is 6.08 Å². The van der Waals surface area contributed by atoms with Crippen LogP contribution < -0.4 is 5.32 Å². The number of halogens is 1. The number of aromatic nitrogens is 1. The number of benzene rings is 2. The van der Waals surface area contributed by atoms with Crippen LogP contribution in [-0.2, 0) is 11.3 Å². The largest absolute Gasteiger partial charge is 0.346 e. The van der Waals surface area contributed by atoms with Crippen LogP contribution in [0.1, 0.15) is 10.6 Å². The van der Waals surface area contributed by atoms with Crippen LogP contribution in [0.25, 0.3) is 16.3 Å². The lowest BCUT2D eigenvalue weighted by atomic mass is 10.2. The topological polar surface area (TPSA) is 42.0 Å². The predicted molar refractivity (Wildman–Crippen MR) is 94.6 cm³/mol. The first kappa shape index (κ1) is 14.9. The van der Waals surface area contributed by atoms with Crippen LogP contribution in [0, 0.1) is 0 Å². The standard InChI is InChI=1S/C17H13BrN2OS/c18-13-6-2-1-5-12(13)9-10-16(21)19-11-17-20-14-7-3-4-8-15(14)22-17/h1-10H,11H2,(H,19,21)/b10-9+. The molecule has 2 aromatic carbocycles. The number of para-hydroxylation sites is 1. The highest BCUT2D eigenvalue weighted by Crippen LogP contribution is 2.21. The number of nitrogens with zero attached hydrogens (tertiary/aromatic N) is 1. The van der Waals surface area contributed by atoms with Gasteiger partial charge >= 0.3 is 0 Å². The van der Waals surface area contributed by atoms with Gasteiger partial charge in [0.25, 0.3) is 0 Å². The summed E-state index contributed by atoms with van der Waals surface area (Å²) in [5.41, 5.74) is 1.94. The Hall–Kier alpha value is -1.98. The van der Waals surface area contributed by atoms with Gasteiger partial charge in [-0.1, -0.05) is 46.3 Å². The number of carbonyl (C=O) groups excluding carboxylic acids is 1. The number of hydrogen-bond donors (Lipinski definition) is 1. The van der Waals surface area contributed by atoms with E-state index >= 15 is 0 Å². The molecule has 0 atom stereocenters. The van der Waals surface area contributed by atoms with Crippen LogP contribution in [0.4, 0.5) is 0 Å². The van der Waals surface area contributed by atoms with Gasteiger partial charge in [-0.05, 0) is 29.8 Å². The lowest BCUT2D eigenvalue weighted by molar-refractivity contribution is -0.116. The molecular formula is C17H13BrN2OS. The zero-order valence-corrected chi connectivity index (χ0v) is 14.0. The molecule has 3 nitrogen and oxygen atoms in total. The van der Waals surface area contributed by atoms with Gasteiger partial charge in [0.15, 0.2) is 0 Å². The van der Waals surface area contributed by atoms with Crippen molar-refractivity contribution in [3.8, 4) is 0 Å². The van der Waals surface area contributed by atoms with Crippen molar-refractivity contribution >= 4 is 49.5 Å². The molecule has 22 heavy (non-hydrogen) atoms. The minimum absolute atomic E-state index is 0.130. The van der Waals surface area contributed by atoms with E-state index in [9.17, 15) is 4.79 Å². The van der Waals surface area contributed by atoms with Crippen molar-refractivity contribution in [2.75, 3.05) is 0 Å². The van der Waals surface area contributed by atoms with Crippen LogP contribution in [0.5, 0.6) is 0 Å². The van der Waals surface area contributed by atoms with Crippen LogP contribution >= 0.6 is 27.3 Å². The Labute approximate surface area is 140 Å². The van der Waals surface area contributed by atoms with Crippen LogP contribution in [-0.4, -0.2) is 10.9 Å². The number of fused-ring (bicyclic) bond motifs is 1. The Kier molecular flexibility index (Phi) is 4.65. The molecule has 1 amide bonds. The van der Waals surface area contributed by atoms with Crippen molar-refractivity contribution < 1.29 is 4.79 Å². The Bertz CT molecular complexity index is 808. The number of amides is 1. The molecule has 0 aliphatic heterocycles. The normalized spacial score (nSPS) is 11.1. The van der Waals surface area contributed by atoms with Gasteiger partial charge in [-0.2, -0.15) is 0 Å². The Balaban J connectivity index is 1.61. The second-order valence-corrected chi connectivity index (χ2v) is 6.62. The number of thiazole rings is 1. The minimum Gasteiger partial charge on any atom is -0.346 e. The minimum atomic E-state index is -0.130. The van der Waals surface area contributed by atoms with Crippen LogP contribution in [0.3, 0.4) is 0 Å². The van der Waals surface area contributed by atoms with Gasteiger partial charge in [0.1, 0.15) is 5.01 Å². The second kappa shape index (κ2) is 6.85. The lowest BCUT2D eigenvalue weighted by Crippen LogP contribution is -2.20. The molecule has 0 saturated carbocycles. The molecule has 0 radical (unpaired) electrons. The number of nitrogens with one attached hydrogen (secondary N) is 1. The molecule has 0 unspecified atom stereocenters. The summed E-state index contributed by atoms with van der Waals surface area (Å²) in [5.74, 6) is -0.130. The molecule has 5 heteroatoms. The fraction of sp³-hybridized carbons (Fsp3) is 0.0588. The molecule has 1 heterocycles. The summed E-state index contributed by atoms with van der Waals surface area (Å²) in [5, 5.41) is 3.76. The summed E-state index contributed by atoms with van der Waals surface area (Å²) in [7, 11) is 0. The van der Waals surface area contributed by atoms with Crippen molar-refractivity contribution in [3.05, 3.63) is 69.7 Å². The highest BCUT2D eigenvalue weighted by Gasteiger charge is 2.04. The van der Waals surface area contributed by atoms with Crippen LogP contribution in [0.2, 0.25) is 0 Å². The molecule has 0 saturated heterocycles. The third kappa shape index (κ3) is 3.61.